The molecule has 2 aromatic heterocycles. The first kappa shape index (κ1) is 14.3. The fourth-order valence-electron chi connectivity index (χ4n) is 2.05. The molecule has 2 heterocycles. The lowest BCUT2D eigenvalue weighted by atomic mass is 10.0. The molecule has 102 valence electrons. The molecule has 0 bridgehead atoms. The highest BCUT2D eigenvalue weighted by Crippen LogP contribution is 2.27. The number of aryl methyl sites for hydroxylation is 2. The van der Waals surface area contributed by atoms with Gasteiger partial charge in [0.15, 0.2) is 0 Å². The highest BCUT2D eigenvalue weighted by molar-refractivity contribution is 6.32. The fourth-order valence-corrected chi connectivity index (χ4v) is 2.68. The van der Waals surface area contributed by atoms with Crippen LogP contribution in [0.2, 0.25) is 10.0 Å². The van der Waals surface area contributed by atoms with Crippen LogP contribution >= 0.6 is 23.2 Å². The summed E-state index contributed by atoms with van der Waals surface area (Å²) in [6.45, 7) is 2.03. The quantitative estimate of drug-likeness (QED) is 0.944. The van der Waals surface area contributed by atoms with Crippen LogP contribution in [0, 0.1) is 0 Å². The van der Waals surface area contributed by atoms with Crippen molar-refractivity contribution < 1.29 is 0 Å². The molecule has 1 atom stereocenters. The molecule has 2 aromatic rings. The second-order valence-electron chi connectivity index (χ2n) is 4.39. The Hall–Kier alpha value is -1.10. The van der Waals surface area contributed by atoms with Gasteiger partial charge in [0, 0.05) is 31.9 Å². The number of hydrogen-bond donors (Lipinski definition) is 1. The zero-order valence-corrected chi connectivity index (χ0v) is 12.4. The first-order chi connectivity index (χ1) is 9.04. The van der Waals surface area contributed by atoms with E-state index in [0.29, 0.717) is 16.5 Å². The standard InChI is InChI=1S/C13H16Cl2N4/c1-3-11-13(15)12(19(2)18-11)6-10(16)8-4-5-17-7-9(8)14/h4-5,7,10H,3,6,16H2,1-2H3. The van der Waals surface area contributed by atoms with Crippen molar-refractivity contribution in [1.82, 2.24) is 14.8 Å². The van der Waals surface area contributed by atoms with E-state index >= 15 is 0 Å². The van der Waals surface area contributed by atoms with Crippen molar-refractivity contribution >= 4 is 23.2 Å². The molecule has 0 aliphatic rings. The van der Waals surface area contributed by atoms with E-state index in [2.05, 4.69) is 10.1 Å². The minimum absolute atomic E-state index is 0.229. The minimum atomic E-state index is -0.229. The fraction of sp³-hybridized carbons (Fsp3) is 0.385. The van der Waals surface area contributed by atoms with Gasteiger partial charge in [0.1, 0.15) is 0 Å². The molecule has 0 amide bonds. The zero-order chi connectivity index (χ0) is 14.0. The van der Waals surface area contributed by atoms with Gasteiger partial charge in [-0.1, -0.05) is 30.1 Å². The molecular weight excluding hydrogens is 283 g/mol. The summed E-state index contributed by atoms with van der Waals surface area (Å²) < 4.78 is 1.79. The van der Waals surface area contributed by atoms with E-state index in [0.717, 1.165) is 23.4 Å². The maximum Gasteiger partial charge on any atom is 0.0850 e. The van der Waals surface area contributed by atoms with Gasteiger partial charge in [-0.3, -0.25) is 9.67 Å². The first-order valence-corrected chi connectivity index (χ1v) is 6.85. The van der Waals surface area contributed by atoms with Crippen LogP contribution in [0.25, 0.3) is 0 Å². The van der Waals surface area contributed by atoms with Gasteiger partial charge in [0.25, 0.3) is 0 Å². The highest BCUT2D eigenvalue weighted by Gasteiger charge is 2.18. The summed E-state index contributed by atoms with van der Waals surface area (Å²) in [7, 11) is 1.88. The highest BCUT2D eigenvalue weighted by atomic mass is 35.5. The number of nitrogens with zero attached hydrogens (tertiary/aromatic N) is 3. The van der Waals surface area contributed by atoms with Crippen molar-refractivity contribution in [2.75, 3.05) is 0 Å². The Morgan fingerprint density at radius 3 is 2.74 bits per heavy atom. The van der Waals surface area contributed by atoms with Gasteiger partial charge >= 0.3 is 0 Å². The smallest absolute Gasteiger partial charge is 0.0850 e. The van der Waals surface area contributed by atoms with E-state index in [4.69, 9.17) is 28.9 Å². The summed E-state index contributed by atoms with van der Waals surface area (Å²) in [5.41, 5.74) is 8.90. The summed E-state index contributed by atoms with van der Waals surface area (Å²) in [6, 6.07) is 1.60. The number of rotatable bonds is 4. The molecule has 0 spiro atoms. The lowest BCUT2D eigenvalue weighted by Gasteiger charge is -2.13. The molecule has 0 fully saturated rings. The van der Waals surface area contributed by atoms with Gasteiger partial charge in [0.2, 0.25) is 0 Å². The van der Waals surface area contributed by atoms with Crippen molar-refractivity contribution in [2.45, 2.75) is 25.8 Å². The van der Waals surface area contributed by atoms with Crippen LogP contribution in [0.4, 0.5) is 0 Å². The first-order valence-electron chi connectivity index (χ1n) is 6.09. The van der Waals surface area contributed by atoms with Gasteiger partial charge in [-0.15, -0.1) is 0 Å². The molecule has 0 saturated heterocycles. The van der Waals surface area contributed by atoms with Crippen LogP contribution in [0.15, 0.2) is 18.5 Å². The number of pyridine rings is 1. The zero-order valence-electron chi connectivity index (χ0n) is 10.9. The Morgan fingerprint density at radius 2 is 2.16 bits per heavy atom. The molecule has 19 heavy (non-hydrogen) atoms. The van der Waals surface area contributed by atoms with E-state index in [1.165, 1.54) is 0 Å². The summed E-state index contributed by atoms with van der Waals surface area (Å²) in [5.74, 6) is 0. The molecule has 0 aromatic carbocycles. The number of aromatic nitrogens is 3. The van der Waals surface area contributed by atoms with Crippen molar-refractivity contribution in [3.05, 3.63) is 45.5 Å². The molecule has 0 aliphatic heterocycles. The van der Waals surface area contributed by atoms with E-state index < -0.39 is 0 Å². The van der Waals surface area contributed by atoms with Crippen molar-refractivity contribution in [2.24, 2.45) is 12.8 Å². The molecule has 0 saturated carbocycles. The van der Waals surface area contributed by atoms with E-state index in [9.17, 15) is 0 Å². The maximum absolute atomic E-state index is 6.32. The number of halogens is 2. The monoisotopic (exact) mass is 298 g/mol. The normalized spacial score (nSPS) is 12.7. The Balaban J connectivity index is 2.27. The van der Waals surface area contributed by atoms with Crippen LogP contribution in [-0.2, 0) is 19.9 Å². The van der Waals surface area contributed by atoms with Gasteiger partial charge in [-0.2, -0.15) is 5.10 Å². The maximum atomic E-state index is 6.32. The average Bonchev–Trinajstić information content (AvgIpc) is 2.66. The largest absolute Gasteiger partial charge is 0.324 e. The van der Waals surface area contributed by atoms with Crippen molar-refractivity contribution in [1.29, 1.82) is 0 Å². The van der Waals surface area contributed by atoms with Gasteiger partial charge in [-0.05, 0) is 18.1 Å². The molecular formula is C13H16Cl2N4. The van der Waals surface area contributed by atoms with Gasteiger partial charge < -0.3 is 5.73 Å². The predicted molar refractivity (Wildman–Crippen MR) is 77.5 cm³/mol. The van der Waals surface area contributed by atoms with Crippen LogP contribution in [0.3, 0.4) is 0 Å². The molecule has 1 unspecified atom stereocenters. The van der Waals surface area contributed by atoms with Crippen LogP contribution in [0.1, 0.15) is 29.9 Å². The average molecular weight is 299 g/mol. The second-order valence-corrected chi connectivity index (χ2v) is 5.18. The van der Waals surface area contributed by atoms with Crippen LogP contribution in [-0.4, -0.2) is 14.8 Å². The lowest BCUT2D eigenvalue weighted by molar-refractivity contribution is 0.638. The van der Waals surface area contributed by atoms with E-state index in [1.807, 2.05) is 20.0 Å². The Morgan fingerprint density at radius 1 is 1.42 bits per heavy atom. The summed E-state index contributed by atoms with van der Waals surface area (Å²) in [4.78, 5) is 3.96. The summed E-state index contributed by atoms with van der Waals surface area (Å²) >= 11 is 12.4. The Labute approximate surface area is 122 Å². The third-order valence-electron chi connectivity index (χ3n) is 3.12. The van der Waals surface area contributed by atoms with Crippen LogP contribution < -0.4 is 5.73 Å². The number of hydrogen-bond acceptors (Lipinski definition) is 3. The summed E-state index contributed by atoms with van der Waals surface area (Å²) in [6.07, 6.45) is 4.67. The Bertz CT molecular complexity index is 580. The van der Waals surface area contributed by atoms with Crippen molar-refractivity contribution in [3.8, 4) is 0 Å². The molecule has 2 N–H and O–H groups in total. The van der Waals surface area contributed by atoms with Crippen molar-refractivity contribution in [3.63, 3.8) is 0 Å². The molecule has 4 nitrogen and oxygen atoms in total. The minimum Gasteiger partial charge on any atom is -0.324 e. The van der Waals surface area contributed by atoms with Gasteiger partial charge in [-0.25, -0.2) is 0 Å². The molecule has 0 aliphatic carbocycles. The van der Waals surface area contributed by atoms with Gasteiger partial charge in [0.05, 0.1) is 21.4 Å². The topological polar surface area (TPSA) is 56.7 Å². The SMILES string of the molecule is CCc1nn(C)c(CC(N)c2ccncc2Cl)c1Cl. The molecule has 0 radical (unpaired) electrons. The molecule has 2 rings (SSSR count). The summed E-state index contributed by atoms with van der Waals surface area (Å²) in [5, 5.41) is 5.65. The third-order valence-corrected chi connectivity index (χ3v) is 3.87. The van der Waals surface area contributed by atoms with E-state index in [1.54, 1.807) is 17.1 Å². The van der Waals surface area contributed by atoms with Crippen LogP contribution in [0.5, 0.6) is 0 Å². The Kier molecular flexibility index (Phi) is 4.45. The second kappa shape index (κ2) is 5.90. The predicted octanol–water partition coefficient (Wildman–Crippen LogP) is 2.93. The van der Waals surface area contributed by atoms with E-state index in [-0.39, 0.29) is 6.04 Å². The molecule has 6 heteroatoms. The lowest BCUT2D eigenvalue weighted by Crippen LogP contribution is -2.16. The third kappa shape index (κ3) is 2.91. The number of nitrogens with two attached hydrogens (primary N) is 1.